The molecule has 3 aliphatic rings. The first kappa shape index (κ1) is 58.3. The molecular weight excluding hydrogens is 1010 g/mol. The molecule has 23 heteroatoms. The number of aliphatic hydroxyl groups is 1. The first-order valence-electron chi connectivity index (χ1n) is 26.4. The van der Waals surface area contributed by atoms with Crippen molar-refractivity contribution in [2.24, 2.45) is 0 Å². The Morgan fingerprint density at radius 3 is 1.31 bits per heavy atom. The Hall–Kier alpha value is -7.37. The van der Waals surface area contributed by atoms with Gasteiger partial charge in [-0.25, -0.2) is 15.0 Å². The van der Waals surface area contributed by atoms with Gasteiger partial charge in [0, 0.05) is 134 Å². The van der Waals surface area contributed by atoms with Gasteiger partial charge >= 0.3 is 0 Å². The van der Waals surface area contributed by atoms with Gasteiger partial charge in [0.1, 0.15) is 0 Å². The van der Waals surface area contributed by atoms with Gasteiger partial charge in [0.2, 0.25) is 35.6 Å². The number of amides is 3. The number of anilines is 3. The number of aromatic nitrogens is 9. The van der Waals surface area contributed by atoms with Crippen molar-refractivity contribution >= 4 is 47.2 Å². The van der Waals surface area contributed by atoms with Gasteiger partial charge in [-0.05, 0) is 45.4 Å². The summed E-state index contributed by atoms with van der Waals surface area (Å²) < 4.78 is 0. The highest BCUT2D eigenvalue weighted by molar-refractivity contribution is 6.30. The molecule has 0 radical (unpaired) electrons. The largest absolute Gasteiger partial charge is 0.392 e. The van der Waals surface area contributed by atoms with E-state index in [1.165, 1.54) is 5.56 Å². The SMILES string of the molecule is CC(C)NC(=O)CN1CCN(c2nncc(-c3ccc(CO)cc3)n2)CC1.CCN(C)C(=O)CN1CCN(c2nncc(-c3ccc(Cl)cc3)n2)CC1.Cc1ccc(-c2cnnc(N3CCN(CC(=O)N(C)C)CC3)n2)cc1. The van der Waals surface area contributed by atoms with Crippen LogP contribution in [0.15, 0.2) is 91.4 Å². The second-order valence-corrected chi connectivity index (χ2v) is 20.3. The molecule has 3 aromatic carbocycles. The van der Waals surface area contributed by atoms with Crippen molar-refractivity contribution in [3.63, 3.8) is 0 Å². The number of piperazine rings is 3. The van der Waals surface area contributed by atoms with Gasteiger partial charge in [0.25, 0.3) is 0 Å². The summed E-state index contributed by atoms with van der Waals surface area (Å²) in [5.74, 6) is 2.22. The predicted molar refractivity (Wildman–Crippen MR) is 303 cm³/mol. The third-order valence-electron chi connectivity index (χ3n) is 13.5. The van der Waals surface area contributed by atoms with Crippen LogP contribution in [0.2, 0.25) is 5.02 Å². The molecule has 0 saturated carbocycles. The van der Waals surface area contributed by atoms with Crippen LogP contribution in [0, 0.1) is 6.92 Å². The number of carbonyl (C=O) groups excluding carboxylic acids is 3. The molecule has 0 spiro atoms. The maximum Gasteiger partial charge on any atom is 0.245 e. The fourth-order valence-corrected chi connectivity index (χ4v) is 8.66. The molecule has 2 N–H and O–H groups in total. The number of halogens is 1. The van der Waals surface area contributed by atoms with E-state index in [4.69, 9.17) is 16.7 Å². The summed E-state index contributed by atoms with van der Waals surface area (Å²) in [5.41, 5.74) is 7.36. The average Bonchev–Trinajstić information content (AvgIpc) is 3.46. The number of aryl methyl sites for hydroxylation is 1. The quantitative estimate of drug-likeness (QED) is 0.150. The van der Waals surface area contributed by atoms with E-state index < -0.39 is 0 Å². The van der Waals surface area contributed by atoms with Crippen molar-refractivity contribution in [3.8, 4) is 33.8 Å². The van der Waals surface area contributed by atoms with Crippen molar-refractivity contribution in [2.75, 3.05) is 141 Å². The Kier molecular flexibility index (Phi) is 21.6. The molecule has 22 nitrogen and oxygen atoms in total. The molecule has 3 saturated heterocycles. The Balaban J connectivity index is 0.000000170. The molecule has 6 aromatic rings. The monoisotopic (exact) mass is 1080 g/mol. The summed E-state index contributed by atoms with van der Waals surface area (Å²) >= 11 is 5.94. The summed E-state index contributed by atoms with van der Waals surface area (Å²) in [6, 6.07) is 23.5. The van der Waals surface area contributed by atoms with Crippen LogP contribution in [0.25, 0.3) is 33.8 Å². The summed E-state index contributed by atoms with van der Waals surface area (Å²) in [6.07, 6.45) is 4.99. The summed E-state index contributed by atoms with van der Waals surface area (Å²) in [4.78, 5) is 65.9. The highest BCUT2D eigenvalue weighted by Gasteiger charge is 2.25. The average molecular weight is 1090 g/mol. The molecule has 6 heterocycles. The summed E-state index contributed by atoms with van der Waals surface area (Å²) in [5, 5.41) is 37.6. The number of rotatable bonds is 15. The molecule has 3 aromatic heterocycles. The van der Waals surface area contributed by atoms with Crippen molar-refractivity contribution in [1.82, 2.24) is 75.4 Å². The topological polar surface area (TPSA) is 225 Å². The van der Waals surface area contributed by atoms with Gasteiger partial charge in [-0.2, -0.15) is 15.3 Å². The van der Waals surface area contributed by atoms with Crippen LogP contribution < -0.4 is 20.0 Å². The maximum absolute atomic E-state index is 12.0. The number of hydrogen-bond acceptors (Lipinski definition) is 19. The molecule has 78 heavy (non-hydrogen) atoms. The molecule has 3 fully saturated rings. The van der Waals surface area contributed by atoms with Crippen LogP contribution in [0.4, 0.5) is 17.8 Å². The number of benzene rings is 3. The number of nitrogens with one attached hydrogen (secondary N) is 1. The van der Waals surface area contributed by atoms with Crippen LogP contribution in [0.1, 0.15) is 31.9 Å². The second kappa shape index (κ2) is 28.8. The van der Waals surface area contributed by atoms with Gasteiger partial charge in [-0.15, -0.1) is 15.3 Å². The number of aliphatic hydroxyl groups excluding tert-OH is 1. The van der Waals surface area contributed by atoms with Gasteiger partial charge in [0.15, 0.2) is 0 Å². The molecule has 3 amide bonds. The smallest absolute Gasteiger partial charge is 0.245 e. The van der Waals surface area contributed by atoms with Crippen LogP contribution in [0.3, 0.4) is 0 Å². The molecule has 3 aliphatic heterocycles. The standard InChI is InChI=1S/C19H26N6O2.C18H23ClN6O.C18H24N6O/c1-14(2)21-18(27)12-24-7-9-25(10-8-24)19-22-17(11-20-23-19)16-5-3-15(13-26)4-6-16;1-3-23(2)17(26)13-24-8-10-25(11-9-24)18-21-16(12-20-22-18)14-4-6-15(19)7-5-14;1-14-4-6-15(7-5-14)16-12-19-21-18(20-16)24-10-8-23(9-11-24)13-17(25)22(2)3/h3-6,11,14,26H,7-10,12-13H2,1-2H3,(H,21,27);4-7,12H,3,8-11,13H2,1-2H3;4-7,12H,8-11,13H2,1-3H3. The highest BCUT2D eigenvalue weighted by atomic mass is 35.5. The first-order valence-corrected chi connectivity index (χ1v) is 26.8. The van der Waals surface area contributed by atoms with Crippen LogP contribution in [-0.2, 0) is 21.0 Å². The van der Waals surface area contributed by atoms with E-state index in [2.05, 4.69) is 99.3 Å². The Morgan fingerprint density at radius 1 is 0.564 bits per heavy atom. The van der Waals surface area contributed by atoms with Crippen molar-refractivity contribution in [1.29, 1.82) is 0 Å². The number of nitrogens with zero attached hydrogens (tertiary/aromatic N) is 17. The third-order valence-corrected chi connectivity index (χ3v) is 13.7. The van der Waals surface area contributed by atoms with Crippen LogP contribution >= 0.6 is 11.6 Å². The summed E-state index contributed by atoms with van der Waals surface area (Å²) in [6.45, 7) is 19.5. The van der Waals surface area contributed by atoms with Gasteiger partial charge in [-0.3, -0.25) is 29.1 Å². The molecule has 0 bridgehead atoms. The highest BCUT2D eigenvalue weighted by Crippen LogP contribution is 2.23. The molecule has 0 atom stereocenters. The molecule has 9 rings (SSSR count). The van der Waals surface area contributed by atoms with Gasteiger partial charge in [-0.1, -0.05) is 77.8 Å². The Bertz CT molecular complexity index is 2840. The van der Waals surface area contributed by atoms with E-state index in [-0.39, 0.29) is 30.4 Å². The molecule has 0 unspecified atom stereocenters. The van der Waals surface area contributed by atoms with Crippen molar-refractivity contribution < 1.29 is 19.5 Å². The summed E-state index contributed by atoms with van der Waals surface area (Å²) in [7, 11) is 5.41. The van der Waals surface area contributed by atoms with E-state index in [1.807, 2.05) is 88.5 Å². The van der Waals surface area contributed by atoms with E-state index in [9.17, 15) is 14.4 Å². The lowest BCUT2D eigenvalue weighted by molar-refractivity contribution is -0.131. The molecule has 414 valence electrons. The van der Waals surface area contributed by atoms with E-state index in [1.54, 1.807) is 42.5 Å². The predicted octanol–water partition coefficient (Wildman–Crippen LogP) is 3.53. The van der Waals surface area contributed by atoms with Gasteiger partial charge < -0.3 is 34.9 Å². The number of carbonyl (C=O) groups is 3. The lowest BCUT2D eigenvalue weighted by Gasteiger charge is -2.34. The van der Waals surface area contributed by atoms with E-state index >= 15 is 0 Å². The lowest BCUT2D eigenvalue weighted by atomic mass is 10.1. The fourth-order valence-electron chi connectivity index (χ4n) is 8.54. The Labute approximate surface area is 462 Å². The van der Waals surface area contributed by atoms with Gasteiger partial charge in [0.05, 0.1) is 61.9 Å². The normalized spacial score (nSPS) is 15.2. The van der Waals surface area contributed by atoms with Crippen LogP contribution in [-0.4, -0.2) is 225 Å². The minimum Gasteiger partial charge on any atom is -0.392 e. The van der Waals surface area contributed by atoms with Crippen LogP contribution in [0.5, 0.6) is 0 Å². The lowest BCUT2D eigenvalue weighted by Crippen LogP contribution is -2.50. The molecular formula is C55H73ClN18O4. The minimum atomic E-state index is 0.0209. The zero-order valence-corrected chi connectivity index (χ0v) is 46.7. The Morgan fingerprint density at radius 2 is 0.936 bits per heavy atom. The molecule has 0 aliphatic carbocycles. The van der Waals surface area contributed by atoms with Crippen molar-refractivity contribution in [3.05, 3.63) is 108 Å². The number of hydrogen-bond donors (Lipinski definition) is 2. The van der Waals surface area contributed by atoms with E-state index in [0.29, 0.717) is 42.5 Å². The fraction of sp³-hybridized carbons (Fsp3) is 0.455. The zero-order chi connectivity index (χ0) is 55.6. The second-order valence-electron chi connectivity index (χ2n) is 19.9. The third kappa shape index (κ3) is 17.3. The maximum atomic E-state index is 12.0. The minimum absolute atomic E-state index is 0.0209. The van der Waals surface area contributed by atoms with E-state index in [0.717, 1.165) is 124 Å². The first-order chi connectivity index (χ1) is 37.6. The van der Waals surface area contributed by atoms with Crippen molar-refractivity contribution in [2.45, 2.75) is 40.3 Å². The number of likely N-dealkylation sites (N-methyl/N-ethyl adjacent to an activating group) is 2. The zero-order valence-electron chi connectivity index (χ0n) is 45.9.